The van der Waals surface area contributed by atoms with E-state index in [0.717, 1.165) is 34.8 Å². The van der Waals surface area contributed by atoms with Gasteiger partial charge in [-0.3, -0.25) is 4.79 Å². The van der Waals surface area contributed by atoms with E-state index >= 15 is 0 Å². The number of ketones is 1. The molecule has 35 heavy (non-hydrogen) atoms. The van der Waals surface area contributed by atoms with E-state index in [9.17, 15) is 22.8 Å². The molecule has 1 aromatic heterocycles. The summed E-state index contributed by atoms with van der Waals surface area (Å²) < 4.78 is 41.1. The highest BCUT2D eigenvalue weighted by Crippen LogP contribution is 2.33. The van der Waals surface area contributed by atoms with Gasteiger partial charge in [-0.25, -0.2) is 4.98 Å². The number of amides is 1. The molecule has 1 saturated carbocycles. The van der Waals surface area contributed by atoms with E-state index in [1.165, 1.54) is 43.2 Å². The summed E-state index contributed by atoms with van der Waals surface area (Å²) in [6, 6.07) is 6.42. The third-order valence-corrected chi connectivity index (χ3v) is 6.20. The monoisotopic (exact) mass is 514 g/mol. The number of nitrogens with zero attached hydrogens (tertiary/aromatic N) is 1. The number of hydrogen-bond donors (Lipinski definition) is 1. The fraction of sp³-hybridized carbons (Fsp3) is 0.577. The van der Waals surface area contributed by atoms with Gasteiger partial charge in [0.2, 0.25) is 6.41 Å². The van der Waals surface area contributed by atoms with E-state index in [2.05, 4.69) is 44.0 Å². The number of methoxy groups -OCH3 is 1. The first-order chi connectivity index (χ1) is 16.5. The van der Waals surface area contributed by atoms with Gasteiger partial charge in [-0.05, 0) is 42.4 Å². The molecule has 2 aromatic rings. The Morgan fingerprint density at radius 3 is 2.40 bits per heavy atom. The summed E-state index contributed by atoms with van der Waals surface area (Å²) in [7, 11) is 1.74. The van der Waals surface area contributed by atoms with Gasteiger partial charge in [-0.15, -0.1) is 11.3 Å². The topological polar surface area (TPSA) is 68.3 Å². The number of aromatic nitrogens is 1. The minimum atomic E-state index is -4.45. The molecule has 0 saturated heterocycles. The molecule has 1 fully saturated rings. The van der Waals surface area contributed by atoms with Crippen LogP contribution >= 0.6 is 11.3 Å². The summed E-state index contributed by atoms with van der Waals surface area (Å²) >= 11 is 0.728. The Kier molecular flexibility index (Phi) is 13.6. The summed E-state index contributed by atoms with van der Waals surface area (Å²) in [6.45, 7) is 8.04. The van der Waals surface area contributed by atoms with Gasteiger partial charge in [0.15, 0.2) is 10.8 Å². The SMILES string of the molecule is CCC.COc1ccc([C@@H](C)CC(C)=O)cc1CC1CCCC1.O=CNc1nc(C(F)(F)F)cs1. The second-order valence-electron chi connectivity index (χ2n) is 8.74. The first-order valence-corrected chi connectivity index (χ1v) is 12.8. The number of hydrogen-bond acceptors (Lipinski definition) is 5. The number of halogens is 3. The Morgan fingerprint density at radius 2 is 1.91 bits per heavy atom. The lowest BCUT2D eigenvalue weighted by Crippen LogP contribution is -2.05. The van der Waals surface area contributed by atoms with Crippen LogP contribution in [0.1, 0.15) is 89.0 Å². The standard InChI is InChI=1S/C18H26O2.C5H3F3N2OS.C3H8/c1-13(10-14(2)19)16-8-9-18(20-3)17(12-16)11-15-6-4-5-7-15;6-5(7,8)3-1-12-4(10-3)9-2-11;1-3-2/h8-9,12-13,15H,4-7,10-11H2,1-3H3;1-2H,(H,9,10,11);3H2,1-2H3/t13-;;/m0../s1. The highest BCUT2D eigenvalue weighted by Gasteiger charge is 2.33. The predicted octanol–water partition coefficient (Wildman–Crippen LogP) is 7.66. The van der Waals surface area contributed by atoms with Crippen LogP contribution in [0.25, 0.3) is 0 Å². The van der Waals surface area contributed by atoms with Crippen LogP contribution in [0.15, 0.2) is 23.6 Å². The molecule has 196 valence electrons. The molecule has 1 aromatic carbocycles. The zero-order valence-corrected chi connectivity index (χ0v) is 22.0. The van der Waals surface area contributed by atoms with Crippen LogP contribution in [-0.4, -0.2) is 24.3 Å². The lowest BCUT2D eigenvalue weighted by atomic mass is 9.91. The van der Waals surface area contributed by atoms with Gasteiger partial charge in [0.25, 0.3) is 0 Å². The maximum atomic E-state index is 11.9. The number of thiazole rings is 1. The van der Waals surface area contributed by atoms with Crippen molar-refractivity contribution >= 4 is 28.7 Å². The predicted molar refractivity (Wildman–Crippen MR) is 135 cm³/mol. The zero-order chi connectivity index (χ0) is 26.4. The smallest absolute Gasteiger partial charge is 0.434 e. The Balaban J connectivity index is 0.000000347. The number of carbonyl (C=O) groups excluding carboxylic acids is 2. The quantitative estimate of drug-likeness (QED) is 0.367. The van der Waals surface area contributed by atoms with Crippen LogP contribution in [-0.2, 0) is 22.2 Å². The molecule has 1 heterocycles. The van der Waals surface area contributed by atoms with Gasteiger partial charge in [-0.1, -0.05) is 65.0 Å². The van der Waals surface area contributed by atoms with Gasteiger partial charge < -0.3 is 14.8 Å². The average Bonchev–Trinajstić information content (AvgIpc) is 3.47. The molecular weight excluding hydrogens is 477 g/mol. The number of Topliss-reactive ketones (excluding diaryl/α,β-unsaturated/α-hetero) is 1. The van der Waals surface area contributed by atoms with Gasteiger partial charge in [-0.2, -0.15) is 13.2 Å². The molecule has 0 bridgehead atoms. The molecule has 5 nitrogen and oxygen atoms in total. The van der Waals surface area contributed by atoms with Crippen molar-refractivity contribution in [3.05, 3.63) is 40.4 Å². The van der Waals surface area contributed by atoms with Crippen LogP contribution in [0.4, 0.5) is 18.3 Å². The average molecular weight is 515 g/mol. The Bertz CT molecular complexity index is 909. The molecule has 1 aliphatic carbocycles. The number of alkyl halides is 3. The largest absolute Gasteiger partial charge is 0.496 e. The van der Waals surface area contributed by atoms with Gasteiger partial charge in [0, 0.05) is 11.8 Å². The summed E-state index contributed by atoms with van der Waals surface area (Å²) in [5.74, 6) is 2.35. The van der Waals surface area contributed by atoms with Crippen molar-refractivity contribution in [2.45, 2.75) is 84.7 Å². The van der Waals surface area contributed by atoms with Crippen molar-refractivity contribution in [1.82, 2.24) is 4.98 Å². The molecule has 9 heteroatoms. The lowest BCUT2D eigenvalue weighted by Gasteiger charge is -2.17. The molecular formula is C26H37F3N2O3S. The Morgan fingerprint density at radius 1 is 1.29 bits per heavy atom. The number of benzene rings is 1. The first kappa shape index (κ1) is 30.6. The lowest BCUT2D eigenvalue weighted by molar-refractivity contribution is -0.140. The van der Waals surface area contributed by atoms with E-state index in [-0.39, 0.29) is 17.3 Å². The summed E-state index contributed by atoms with van der Waals surface area (Å²) in [4.78, 5) is 24.2. The molecule has 1 N–H and O–H groups in total. The maximum absolute atomic E-state index is 11.9. The third-order valence-electron chi connectivity index (χ3n) is 5.43. The van der Waals surface area contributed by atoms with Gasteiger partial charge in [0.05, 0.1) is 7.11 Å². The van der Waals surface area contributed by atoms with Crippen LogP contribution < -0.4 is 10.1 Å². The van der Waals surface area contributed by atoms with Crippen molar-refractivity contribution in [2.75, 3.05) is 12.4 Å². The van der Waals surface area contributed by atoms with Crippen molar-refractivity contribution in [3.63, 3.8) is 0 Å². The van der Waals surface area contributed by atoms with Crippen molar-refractivity contribution in [1.29, 1.82) is 0 Å². The second kappa shape index (κ2) is 15.5. The summed E-state index contributed by atoms with van der Waals surface area (Å²) in [5.41, 5.74) is 1.58. The number of anilines is 1. The minimum absolute atomic E-state index is 0.0580. The fourth-order valence-corrected chi connectivity index (χ4v) is 4.54. The zero-order valence-electron chi connectivity index (χ0n) is 21.2. The van der Waals surface area contributed by atoms with E-state index in [0.29, 0.717) is 12.3 Å². The summed E-state index contributed by atoms with van der Waals surface area (Å²) in [5, 5.41) is 2.81. The van der Waals surface area contributed by atoms with E-state index in [1.54, 1.807) is 14.0 Å². The highest BCUT2D eigenvalue weighted by molar-refractivity contribution is 7.13. The molecule has 1 aliphatic rings. The summed E-state index contributed by atoms with van der Waals surface area (Å²) in [6.07, 6.45) is 4.24. The van der Waals surface area contributed by atoms with E-state index in [1.807, 2.05) is 5.32 Å². The van der Waals surface area contributed by atoms with Crippen LogP contribution in [0.3, 0.4) is 0 Å². The van der Waals surface area contributed by atoms with Crippen molar-refractivity contribution in [2.24, 2.45) is 5.92 Å². The second-order valence-corrected chi connectivity index (χ2v) is 9.60. The van der Waals surface area contributed by atoms with Crippen LogP contribution in [0, 0.1) is 5.92 Å². The molecule has 0 unspecified atom stereocenters. The molecule has 1 amide bonds. The fourth-order valence-electron chi connectivity index (χ4n) is 3.86. The molecule has 3 rings (SSSR count). The number of rotatable bonds is 8. The van der Waals surface area contributed by atoms with Crippen LogP contribution in [0.2, 0.25) is 0 Å². The van der Waals surface area contributed by atoms with Crippen molar-refractivity contribution in [3.8, 4) is 5.75 Å². The molecule has 0 aliphatic heterocycles. The van der Waals surface area contributed by atoms with E-state index < -0.39 is 11.9 Å². The number of ether oxygens (including phenoxy) is 1. The molecule has 0 spiro atoms. The Labute approximate surface area is 210 Å². The van der Waals surface area contributed by atoms with E-state index in [4.69, 9.17) is 4.74 Å². The van der Waals surface area contributed by atoms with Gasteiger partial charge in [0.1, 0.15) is 11.5 Å². The van der Waals surface area contributed by atoms with Gasteiger partial charge >= 0.3 is 6.18 Å². The minimum Gasteiger partial charge on any atom is -0.496 e. The Hall–Kier alpha value is -2.42. The normalized spacial score (nSPS) is 14.2. The highest BCUT2D eigenvalue weighted by atomic mass is 32.1. The van der Waals surface area contributed by atoms with Crippen molar-refractivity contribution < 1.29 is 27.5 Å². The third kappa shape index (κ3) is 11.2. The molecule has 0 radical (unpaired) electrons. The van der Waals surface area contributed by atoms with Crippen LogP contribution in [0.5, 0.6) is 5.75 Å². The number of carbonyl (C=O) groups is 2. The number of nitrogens with one attached hydrogen (secondary N) is 1. The maximum Gasteiger partial charge on any atom is 0.434 e. The first-order valence-electron chi connectivity index (χ1n) is 11.9. The molecule has 1 atom stereocenters.